The summed E-state index contributed by atoms with van der Waals surface area (Å²) in [5.41, 5.74) is 0. The summed E-state index contributed by atoms with van der Waals surface area (Å²) in [4.78, 5) is 23.2. The molecule has 0 aromatic heterocycles. The fourth-order valence-corrected chi connectivity index (χ4v) is 7.34. The number of quaternary nitrogens is 1. The Morgan fingerprint density at radius 1 is 0.486 bits per heavy atom. The number of hydrogen-bond donors (Lipinski definition) is 3. The summed E-state index contributed by atoms with van der Waals surface area (Å²) >= 11 is 0. The van der Waals surface area contributed by atoms with Crippen molar-refractivity contribution in [1.82, 2.24) is 5.32 Å². The van der Waals surface area contributed by atoms with Crippen LogP contribution in [0.3, 0.4) is 0 Å². The van der Waals surface area contributed by atoms with Crippen molar-refractivity contribution in [2.75, 3.05) is 40.9 Å². The zero-order chi connectivity index (χ0) is 52.7. The maximum Gasteiger partial charge on any atom is 0.472 e. The molecule has 0 saturated carbocycles. The number of hydrogen-bond acceptors (Lipinski definition) is 5. The first-order valence-corrected chi connectivity index (χ1v) is 29.0. The van der Waals surface area contributed by atoms with Crippen LogP contribution in [-0.2, 0) is 18.4 Å². The van der Waals surface area contributed by atoms with Crippen LogP contribution in [0.2, 0.25) is 0 Å². The van der Waals surface area contributed by atoms with E-state index >= 15 is 0 Å². The number of carbonyl (C=O) groups is 1. The van der Waals surface area contributed by atoms with Gasteiger partial charge in [0.2, 0.25) is 5.91 Å². The number of likely N-dealkylation sites (N-methyl/N-ethyl adjacent to an activating group) is 1. The molecule has 8 nitrogen and oxygen atoms in total. The van der Waals surface area contributed by atoms with Crippen molar-refractivity contribution in [3.05, 3.63) is 170 Å². The second-order valence-electron chi connectivity index (χ2n) is 18.8. The van der Waals surface area contributed by atoms with Gasteiger partial charge in [-0.2, -0.15) is 0 Å². The second-order valence-corrected chi connectivity index (χ2v) is 20.3. The molecule has 1 amide bonds. The van der Waals surface area contributed by atoms with Gasteiger partial charge in [0.1, 0.15) is 13.2 Å². The molecule has 9 heteroatoms. The Morgan fingerprint density at radius 2 is 0.847 bits per heavy atom. The van der Waals surface area contributed by atoms with Gasteiger partial charge in [-0.15, -0.1) is 0 Å². The van der Waals surface area contributed by atoms with Crippen molar-refractivity contribution in [3.8, 4) is 0 Å². The molecule has 3 N–H and O–H groups in total. The van der Waals surface area contributed by atoms with Crippen molar-refractivity contribution >= 4 is 13.7 Å². The van der Waals surface area contributed by atoms with Crippen LogP contribution in [0.4, 0.5) is 0 Å². The zero-order valence-electron chi connectivity index (χ0n) is 45.8. The average molecular weight is 1010 g/mol. The van der Waals surface area contributed by atoms with Crippen LogP contribution in [0.25, 0.3) is 0 Å². The highest BCUT2D eigenvalue weighted by Gasteiger charge is 2.27. The van der Waals surface area contributed by atoms with Crippen LogP contribution >= 0.6 is 7.82 Å². The van der Waals surface area contributed by atoms with Gasteiger partial charge in [0.15, 0.2) is 0 Å². The number of aliphatic hydroxyl groups is 1. The van der Waals surface area contributed by atoms with E-state index in [4.69, 9.17) is 9.05 Å². The fraction of sp³-hybridized carbons (Fsp3) is 0.540. The Hall–Kier alpha value is -4.14. The van der Waals surface area contributed by atoms with E-state index in [1.54, 1.807) is 6.08 Å². The summed E-state index contributed by atoms with van der Waals surface area (Å²) in [5, 5.41) is 13.8. The van der Waals surface area contributed by atoms with Crippen molar-refractivity contribution < 1.29 is 32.9 Å². The Morgan fingerprint density at radius 3 is 1.25 bits per heavy atom. The van der Waals surface area contributed by atoms with E-state index in [-0.39, 0.29) is 19.1 Å². The van der Waals surface area contributed by atoms with Gasteiger partial charge in [-0.05, 0) is 128 Å². The third-order valence-electron chi connectivity index (χ3n) is 10.9. The highest BCUT2D eigenvalue weighted by molar-refractivity contribution is 7.47. The lowest BCUT2D eigenvalue weighted by Gasteiger charge is -2.25. The van der Waals surface area contributed by atoms with E-state index in [1.165, 1.54) is 19.3 Å². The predicted molar refractivity (Wildman–Crippen MR) is 313 cm³/mol. The molecule has 0 saturated heterocycles. The van der Waals surface area contributed by atoms with E-state index < -0.39 is 20.0 Å². The van der Waals surface area contributed by atoms with Crippen molar-refractivity contribution in [2.24, 2.45) is 0 Å². The Balaban J connectivity index is 4.31. The van der Waals surface area contributed by atoms with Gasteiger partial charge in [0, 0.05) is 6.42 Å². The predicted octanol–water partition coefficient (Wildman–Crippen LogP) is 16.9. The van der Waals surface area contributed by atoms with Gasteiger partial charge in [-0.3, -0.25) is 13.8 Å². The van der Waals surface area contributed by atoms with Gasteiger partial charge >= 0.3 is 7.82 Å². The molecule has 0 aromatic carbocycles. The first-order valence-electron chi connectivity index (χ1n) is 27.5. The van der Waals surface area contributed by atoms with Gasteiger partial charge in [-0.1, -0.05) is 203 Å². The molecular formula is C63H102N2O6P+. The van der Waals surface area contributed by atoms with E-state index in [1.807, 2.05) is 27.2 Å². The Labute approximate surface area is 441 Å². The molecular weight excluding hydrogens is 912 g/mol. The van der Waals surface area contributed by atoms with Gasteiger partial charge in [0.25, 0.3) is 0 Å². The van der Waals surface area contributed by atoms with Gasteiger partial charge in [0.05, 0.1) is 39.9 Å². The molecule has 3 unspecified atom stereocenters. The summed E-state index contributed by atoms with van der Waals surface area (Å²) in [5.74, 6) is -0.233. The maximum absolute atomic E-state index is 12.9. The normalized spacial score (nSPS) is 15.3. The topological polar surface area (TPSA) is 105 Å². The smallest absolute Gasteiger partial charge is 0.387 e. The molecule has 0 fully saturated rings. The molecule has 0 heterocycles. The summed E-state index contributed by atoms with van der Waals surface area (Å²) in [6.07, 6.45) is 83.2. The van der Waals surface area contributed by atoms with Gasteiger partial charge in [-0.25, -0.2) is 4.57 Å². The third kappa shape index (κ3) is 53.7. The lowest BCUT2D eigenvalue weighted by Crippen LogP contribution is -2.45. The molecule has 0 rings (SSSR count). The van der Waals surface area contributed by atoms with Crippen molar-refractivity contribution in [1.29, 1.82) is 0 Å². The van der Waals surface area contributed by atoms with Crippen molar-refractivity contribution in [2.45, 2.75) is 180 Å². The van der Waals surface area contributed by atoms with Crippen LogP contribution in [0.15, 0.2) is 170 Å². The number of amides is 1. The fourth-order valence-electron chi connectivity index (χ4n) is 6.60. The number of nitrogens with one attached hydrogen (secondary N) is 1. The second kappa shape index (κ2) is 51.7. The largest absolute Gasteiger partial charge is 0.472 e. The number of aliphatic hydroxyl groups excluding tert-OH is 1. The number of carbonyl (C=O) groups excluding carboxylic acids is 1. The van der Waals surface area contributed by atoms with Crippen LogP contribution in [0, 0.1) is 0 Å². The number of phosphoric ester groups is 1. The first kappa shape index (κ1) is 67.9. The quantitative estimate of drug-likeness (QED) is 0.0243. The molecule has 0 bridgehead atoms. The minimum absolute atomic E-state index is 0.0365. The molecule has 404 valence electrons. The zero-order valence-corrected chi connectivity index (χ0v) is 46.7. The number of allylic oxidation sites excluding steroid dienone is 27. The monoisotopic (exact) mass is 1010 g/mol. The molecule has 0 aliphatic carbocycles. The third-order valence-corrected chi connectivity index (χ3v) is 11.9. The molecule has 72 heavy (non-hydrogen) atoms. The van der Waals surface area contributed by atoms with Crippen LogP contribution < -0.4 is 5.32 Å². The Bertz CT molecular complexity index is 1770. The van der Waals surface area contributed by atoms with Crippen LogP contribution in [0.5, 0.6) is 0 Å². The van der Waals surface area contributed by atoms with Crippen LogP contribution in [0.1, 0.15) is 168 Å². The summed E-state index contributed by atoms with van der Waals surface area (Å²) < 4.78 is 23.6. The number of nitrogens with zero attached hydrogens (tertiary/aromatic N) is 1. The molecule has 0 radical (unpaired) electrons. The first-order chi connectivity index (χ1) is 35.0. The highest BCUT2D eigenvalue weighted by atomic mass is 31.2. The van der Waals surface area contributed by atoms with E-state index in [0.717, 1.165) is 122 Å². The van der Waals surface area contributed by atoms with E-state index in [0.29, 0.717) is 23.9 Å². The molecule has 0 aromatic rings. The molecule has 0 aliphatic rings. The lowest BCUT2D eigenvalue weighted by molar-refractivity contribution is -0.870. The summed E-state index contributed by atoms with van der Waals surface area (Å²) in [6, 6.07) is -0.900. The maximum atomic E-state index is 12.9. The van der Waals surface area contributed by atoms with E-state index in [9.17, 15) is 19.4 Å². The number of unbranched alkanes of at least 4 members (excludes halogenated alkanes) is 8. The van der Waals surface area contributed by atoms with Gasteiger partial charge < -0.3 is 19.8 Å². The van der Waals surface area contributed by atoms with Crippen molar-refractivity contribution in [3.63, 3.8) is 0 Å². The highest BCUT2D eigenvalue weighted by Crippen LogP contribution is 2.43. The minimum atomic E-state index is -4.38. The molecule has 0 spiro atoms. The lowest BCUT2D eigenvalue weighted by atomic mass is 10.1. The number of rotatable bonds is 47. The standard InChI is InChI=1S/C63H101N2O6P/c1-6-8-10-12-14-16-18-20-21-22-23-24-25-26-27-28-29-30-31-32-33-34-35-36-37-38-39-40-41-42-43-45-47-49-51-53-55-57-63(67)64-61(60-71-72(68,69)70-59-58-65(3,4)5)62(66)56-54-52-50-48-46-44-19-17-15-13-11-9-7-2/h8,10,14-17,20-21,23-24,26-27,29-30,32-33,35-36,38-39,41-42,45-48,54,56,61-62,66H,6-7,9,11-13,18-19,22,25,28,31,34,37,40,43-44,49-53,55,57-60H2,1-5H3,(H-,64,67,68,69)/p+1/b10-8-,16-14-,17-15+,21-20-,24-23-,27-26-,30-29-,33-32-,36-35-,39-38-,42-41-,47-45-,48-46+,56-54+. The summed E-state index contributed by atoms with van der Waals surface area (Å²) in [6.45, 7) is 4.57. The Kier molecular flexibility index (Phi) is 48.8. The number of phosphoric acid groups is 1. The summed E-state index contributed by atoms with van der Waals surface area (Å²) in [7, 11) is 1.49. The van der Waals surface area contributed by atoms with Crippen LogP contribution in [-0.4, -0.2) is 73.4 Å². The minimum Gasteiger partial charge on any atom is -0.387 e. The molecule has 3 atom stereocenters. The van der Waals surface area contributed by atoms with E-state index in [2.05, 4.69) is 177 Å². The molecule has 0 aliphatic heterocycles. The SMILES string of the molecule is CC/C=C\C/C=C\C/C=C\C/C=C\C/C=C\C/C=C\C/C=C\C/C=C\C/C=C\C/C=C\C/C=C\CCCCCC(=O)NC(COP(=O)(O)OCC[N+](C)(C)C)C(O)/C=C/CC/C=C/CC/C=C/CCCCC. The average Bonchev–Trinajstić information content (AvgIpc) is 3.34.